The van der Waals surface area contributed by atoms with Crippen molar-refractivity contribution < 1.29 is 22.7 Å². The second kappa shape index (κ2) is 7.96. The molecule has 4 nitrogen and oxygen atoms in total. The smallest absolute Gasteiger partial charge is 0.416 e. The Morgan fingerprint density at radius 1 is 1.29 bits per heavy atom. The zero-order valence-corrected chi connectivity index (χ0v) is 15.4. The van der Waals surface area contributed by atoms with E-state index in [1.807, 2.05) is 23.1 Å². The molecular weight excluding hydrogens is 369 g/mol. The maximum Gasteiger partial charge on any atom is 0.416 e. The number of anilines is 2. The van der Waals surface area contributed by atoms with Crippen molar-refractivity contribution in [3.8, 4) is 5.75 Å². The SMILES string of the molecule is C=CC(=O)NCC1Cc2cc(OC)ccc2N(c2ccc(C(F)(F)F)cc2)C1. The molecule has 1 heterocycles. The van der Waals surface area contributed by atoms with Gasteiger partial charge in [-0.05, 0) is 66.4 Å². The molecule has 148 valence electrons. The van der Waals surface area contributed by atoms with Crippen LogP contribution in [-0.4, -0.2) is 26.1 Å². The van der Waals surface area contributed by atoms with Gasteiger partial charge in [0.25, 0.3) is 0 Å². The molecule has 0 saturated heterocycles. The summed E-state index contributed by atoms with van der Waals surface area (Å²) in [4.78, 5) is 13.5. The Hall–Kier alpha value is -2.96. The third kappa shape index (κ3) is 4.30. The minimum atomic E-state index is -4.37. The molecule has 2 aromatic rings. The lowest BCUT2D eigenvalue weighted by Crippen LogP contribution is -2.39. The highest BCUT2D eigenvalue weighted by Crippen LogP contribution is 2.38. The molecule has 0 radical (unpaired) electrons. The van der Waals surface area contributed by atoms with Crippen LogP contribution in [0, 0.1) is 5.92 Å². The lowest BCUT2D eigenvalue weighted by atomic mass is 9.91. The van der Waals surface area contributed by atoms with Crippen molar-refractivity contribution in [2.24, 2.45) is 5.92 Å². The molecule has 1 atom stereocenters. The minimum Gasteiger partial charge on any atom is -0.497 e. The first-order valence-corrected chi connectivity index (χ1v) is 8.84. The molecule has 28 heavy (non-hydrogen) atoms. The Bertz CT molecular complexity index is 863. The van der Waals surface area contributed by atoms with Gasteiger partial charge >= 0.3 is 6.18 Å². The zero-order valence-electron chi connectivity index (χ0n) is 15.4. The molecule has 0 aliphatic carbocycles. The summed E-state index contributed by atoms with van der Waals surface area (Å²) in [6.45, 7) is 4.46. The van der Waals surface area contributed by atoms with Crippen molar-refractivity contribution >= 4 is 17.3 Å². The Kier molecular flexibility index (Phi) is 5.63. The summed E-state index contributed by atoms with van der Waals surface area (Å²) < 4.78 is 43.9. The molecule has 2 aromatic carbocycles. The van der Waals surface area contributed by atoms with Crippen LogP contribution in [0.25, 0.3) is 0 Å². The van der Waals surface area contributed by atoms with Crippen molar-refractivity contribution in [1.82, 2.24) is 5.32 Å². The third-order valence-electron chi connectivity index (χ3n) is 4.78. The number of ether oxygens (including phenoxy) is 1. The maximum atomic E-state index is 12.9. The summed E-state index contributed by atoms with van der Waals surface area (Å²) >= 11 is 0. The highest BCUT2D eigenvalue weighted by atomic mass is 19.4. The van der Waals surface area contributed by atoms with Crippen LogP contribution in [0.2, 0.25) is 0 Å². The number of carbonyl (C=O) groups is 1. The maximum absolute atomic E-state index is 12.9. The van der Waals surface area contributed by atoms with E-state index in [1.165, 1.54) is 18.2 Å². The average Bonchev–Trinajstić information content (AvgIpc) is 2.70. The Morgan fingerprint density at radius 2 is 2.00 bits per heavy atom. The van der Waals surface area contributed by atoms with Crippen molar-refractivity contribution in [2.45, 2.75) is 12.6 Å². The average molecular weight is 390 g/mol. The fraction of sp³-hybridized carbons (Fsp3) is 0.286. The fourth-order valence-electron chi connectivity index (χ4n) is 3.38. The number of fused-ring (bicyclic) bond motifs is 1. The second-order valence-electron chi connectivity index (χ2n) is 6.67. The molecule has 1 aliphatic heterocycles. The van der Waals surface area contributed by atoms with Crippen LogP contribution in [0.3, 0.4) is 0 Å². The van der Waals surface area contributed by atoms with Gasteiger partial charge in [0.1, 0.15) is 5.75 Å². The highest BCUT2D eigenvalue weighted by molar-refractivity contribution is 5.86. The van der Waals surface area contributed by atoms with Gasteiger partial charge in [-0.15, -0.1) is 0 Å². The molecule has 0 fully saturated rings. The number of benzene rings is 2. The summed E-state index contributed by atoms with van der Waals surface area (Å²) in [6, 6.07) is 10.8. The molecule has 3 rings (SSSR count). The van der Waals surface area contributed by atoms with Crippen LogP contribution in [0.5, 0.6) is 5.75 Å². The number of rotatable bonds is 5. The quantitative estimate of drug-likeness (QED) is 0.773. The standard InChI is InChI=1S/C21H21F3N2O2/c1-3-20(27)25-12-14-10-15-11-18(28-2)8-9-19(15)26(13-14)17-6-4-16(5-7-17)21(22,23)24/h3-9,11,14H,1,10,12-13H2,2H3,(H,25,27). The second-order valence-corrected chi connectivity index (χ2v) is 6.67. The van der Waals surface area contributed by atoms with Crippen molar-refractivity contribution in [2.75, 3.05) is 25.1 Å². The van der Waals surface area contributed by atoms with E-state index < -0.39 is 11.7 Å². The number of nitrogens with zero attached hydrogens (tertiary/aromatic N) is 1. The summed E-state index contributed by atoms with van der Waals surface area (Å²) in [5.41, 5.74) is 1.92. The molecule has 0 bridgehead atoms. The first-order valence-electron chi connectivity index (χ1n) is 8.84. The summed E-state index contributed by atoms with van der Waals surface area (Å²) in [5.74, 6) is 0.546. The molecule has 1 N–H and O–H groups in total. The number of carbonyl (C=O) groups excluding carboxylic acids is 1. The summed E-state index contributed by atoms with van der Waals surface area (Å²) in [6.07, 6.45) is -2.43. The summed E-state index contributed by atoms with van der Waals surface area (Å²) in [5, 5.41) is 2.80. The van der Waals surface area contributed by atoms with Gasteiger partial charge in [-0.1, -0.05) is 6.58 Å². The van der Waals surface area contributed by atoms with Crippen LogP contribution in [0.4, 0.5) is 24.5 Å². The van der Waals surface area contributed by atoms with Crippen LogP contribution in [0.1, 0.15) is 11.1 Å². The minimum absolute atomic E-state index is 0.0887. The predicted molar refractivity (Wildman–Crippen MR) is 102 cm³/mol. The van der Waals surface area contributed by atoms with Crippen LogP contribution in [0.15, 0.2) is 55.1 Å². The monoisotopic (exact) mass is 390 g/mol. The zero-order chi connectivity index (χ0) is 20.3. The van der Waals surface area contributed by atoms with Crippen LogP contribution < -0.4 is 15.0 Å². The molecule has 1 unspecified atom stereocenters. The highest BCUT2D eigenvalue weighted by Gasteiger charge is 2.31. The van der Waals surface area contributed by atoms with E-state index in [-0.39, 0.29) is 11.8 Å². The van der Waals surface area contributed by atoms with E-state index >= 15 is 0 Å². The predicted octanol–water partition coefficient (Wildman–Crippen LogP) is 4.33. The van der Waals surface area contributed by atoms with E-state index in [0.717, 1.165) is 29.8 Å². The van der Waals surface area contributed by atoms with Gasteiger partial charge in [-0.2, -0.15) is 13.2 Å². The first kappa shape index (κ1) is 19.8. The number of alkyl halides is 3. The number of nitrogens with one attached hydrogen (secondary N) is 1. The number of methoxy groups -OCH3 is 1. The Balaban J connectivity index is 1.92. The van der Waals surface area contributed by atoms with Gasteiger partial charge in [0.15, 0.2) is 0 Å². The van der Waals surface area contributed by atoms with Gasteiger partial charge in [-0.3, -0.25) is 4.79 Å². The lowest BCUT2D eigenvalue weighted by Gasteiger charge is -2.36. The number of hydrogen-bond donors (Lipinski definition) is 1. The van der Waals surface area contributed by atoms with Gasteiger partial charge in [0, 0.05) is 24.5 Å². The van der Waals surface area contributed by atoms with Gasteiger partial charge in [0.2, 0.25) is 5.91 Å². The third-order valence-corrected chi connectivity index (χ3v) is 4.78. The molecule has 7 heteroatoms. The van der Waals surface area contributed by atoms with Crippen molar-refractivity contribution in [3.63, 3.8) is 0 Å². The lowest BCUT2D eigenvalue weighted by molar-refractivity contribution is -0.137. The molecule has 0 saturated carbocycles. The van der Waals surface area contributed by atoms with E-state index in [1.54, 1.807) is 7.11 Å². The normalized spacial score (nSPS) is 16.3. The summed E-state index contributed by atoms with van der Waals surface area (Å²) in [7, 11) is 1.58. The van der Waals surface area contributed by atoms with Crippen LogP contribution >= 0.6 is 0 Å². The number of halogens is 3. The van der Waals surface area contributed by atoms with Gasteiger partial charge in [0.05, 0.1) is 12.7 Å². The van der Waals surface area contributed by atoms with E-state index in [0.29, 0.717) is 24.5 Å². The van der Waals surface area contributed by atoms with E-state index in [9.17, 15) is 18.0 Å². The number of amides is 1. The molecule has 0 aromatic heterocycles. The molecule has 1 amide bonds. The van der Waals surface area contributed by atoms with Crippen LogP contribution in [-0.2, 0) is 17.4 Å². The van der Waals surface area contributed by atoms with Crippen molar-refractivity contribution in [3.05, 3.63) is 66.2 Å². The number of hydrogen-bond acceptors (Lipinski definition) is 3. The van der Waals surface area contributed by atoms with Gasteiger partial charge in [-0.25, -0.2) is 0 Å². The molecular formula is C21H21F3N2O2. The topological polar surface area (TPSA) is 41.6 Å². The van der Waals surface area contributed by atoms with Gasteiger partial charge < -0.3 is 15.0 Å². The van der Waals surface area contributed by atoms with Crippen molar-refractivity contribution in [1.29, 1.82) is 0 Å². The molecule has 0 spiro atoms. The largest absolute Gasteiger partial charge is 0.497 e. The van der Waals surface area contributed by atoms with E-state index in [2.05, 4.69) is 11.9 Å². The fourth-order valence-corrected chi connectivity index (χ4v) is 3.38. The Morgan fingerprint density at radius 3 is 2.61 bits per heavy atom. The Labute approximate surface area is 161 Å². The molecule has 1 aliphatic rings. The van der Waals surface area contributed by atoms with E-state index in [4.69, 9.17) is 4.74 Å². The first-order chi connectivity index (χ1) is 13.3.